The van der Waals surface area contributed by atoms with Gasteiger partial charge in [0.1, 0.15) is 10.6 Å². The third-order valence-electron chi connectivity index (χ3n) is 2.97. The summed E-state index contributed by atoms with van der Waals surface area (Å²) in [5.41, 5.74) is 1.35. The summed E-state index contributed by atoms with van der Waals surface area (Å²) in [7, 11) is -0.376. The maximum absolute atomic E-state index is 12.3. The number of ether oxygens (including phenoxy) is 1. The minimum atomic E-state index is -3.62. The number of methoxy groups -OCH3 is 1. The number of nitrogens with zero attached hydrogens (tertiary/aromatic N) is 1. The van der Waals surface area contributed by atoms with E-state index in [1.807, 2.05) is 12.1 Å². The molecule has 1 aromatic heterocycles. The lowest BCUT2D eigenvalue weighted by molar-refractivity contribution is 0.414. The number of rotatable bonds is 6. The molecule has 6 nitrogen and oxygen atoms in total. The van der Waals surface area contributed by atoms with Gasteiger partial charge >= 0.3 is 0 Å². The molecule has 2 aromatic rings. The normalized spacial score (nSPS) is 11.1. The van der Waals surface area contributed by atoms with Gasteiger partial charge < -0.3 is 10.1 Å². The maximum Gasteiger partial charge on any atom is 0.244 e. The molecular weight excluding hydrogens is 290 g/mol. The van der Waals surface area contributed by atoms with Gasteiger partial charge in [0.15, 0.2) is 0 Å². The fraction of sp³-hybridized carbons (Fsp3) is 0.214. The van der Waals surface area contributed by atoms with Crippen LogP contribution in [0.3, 0.4) is 0 Å². The zero-order valence-electron chi connectivity index (χ0n) is 11.8. The van der Waals surface area contributed by atoms with Gasteiger partial charge in [0.2, 0.25) is 10.0 Å². The molecule has 0 aliphatic heterocycles. The minimum Gasteiger partial charge on any atom is -0.497 e. The SMILES string of the molecule is CNc1ccncc1S(=O)(=O)NCc1ccc(OC)cc1. The molecule has 112 valence electrons. The number of hydrogen-bond donors (Lipinski definition) is 2. The predicted octanol–water partition coefficient (Wildman–Crippen LogP) is 1.61. The van der Waals surface area contributed by atoms with E-state index in [0.717, 1.165) is 11.3 Å². The first-order chi connectivity index (χ1) is 10.1. The van der Waals surface area contributed by atoms with Gasteiger partial charge in [-0.15, -0.1) is 0 Å². The number of hydrogen-bond acceptors (Lipinski definition) is 5. The summed E-state index contributed by atoms with van der Waals surface area (Å²) in [4.78, 5) is 3.99. The Morgan fingerprint density at radius 2 is 1.90 bits per heavy atom. The van der Waals surface area contributed by atoms with Crippen molar-refractivity contribution in [3.05, 3.63) is 48.3 Å². The summed E-state index contributed by atoms with van der Waals surface area (Å²) >= 11 is 0. The van der Waals surface area contributed by atoms with Crippen LogP contribution >= 0.6 is 0 Å². The molecule has 0 atom stereocenters. The monoisotopic (exact) mass is 307 g/mol. The molecular formula is C14H17N3O3S. The highest BCUT2D eigenvalue weighted by Gasteiger charge is 2.17. The van der Waals surface area contributed by atoms with Gasteiger partial charge in [-0.05, 0) is 23.8 Å². The van der Waals surface area contributed by atoms with E-state index in [1.54, 1.807) is 32.4 Å². The minimum absolute atomic E-state index is 0.126. The van der Waals surface area contributed by atoms with Crippen LogP contribution in [0.15, 0.2) is 47.6 Å². The zero-order valence-corrected chi connectivity index (χ0v) is 12.6. The van der Waals surface area contributed by atoms with E-state index in [-0.39, 0.29) is 11.4 Å². The van der Waals surface area contributed by atoms with Gasteiger partial charge in [-0.1, -0.05) is 12.1 Å². The Morgan fingerprint density at radius 1 is 1.19 bits per heavy atom. The Balaban J connectivity index is 2.13. The molecule has 1 heterocycles. The summed E-state index contributed by atoms with van der Waals surface area (Å²) < 4.78 is 32.2. The lowest BCUT2D eigenvalue weighted by Gasteiger charge is -2.10. The van der Waals surface area contributed by atoms with E-state index < -0.39 is 10.0 Å². The van der Waals surface area contributed by atoms with Crippen LogP contribution in [0, 0.1) is 0 Å². The third-order valence-corrected chi connectivity index (χ3v) is 4.40. The summed E-state index contributed by atoms with van der Waals surface area (Å²) in [5, 5.41) is 2.84. The summed E-state index contributed by atoms with van der Waals surface area (Å²) in [6, 6.07) is 8.80. The van der Waals surface area contributed by atoms with Crippen molar-refractivity contribution in [3.63, 3.8) is 0 Å². The molecule has 0 saturated heterocycles. The first-order valence-electron chi connectivity index (χ1n) is 6.31. The van der Waals surface area contributed by atoms with Crippen LogP contribution in [0.2, 0.25) is 0 Å². The average Bonchev–Trinajstić information content (AvgIpc) is 2.53. The van der Waals surface area contributed by atoms with Crippen molar-refractivity contribution in [2.24, 2.45) is 0 Å². The van der Waals surface area contributed by atoms with E-state index in [4.69, 9.17) is 4.74 Å². The second-order valence-corrected chi connectivity index (χ2v) is 6.03. The Labute approximate surface area is 124 Å². The predicted molar refractivity (Wildman–Crippen MR) is 80.8 cm³/mol. The van der Waals surface area contributed by atoms with E-state index in [2.05, 4.69) is 15.0 Å². The Hall–Kier alpha value is -2.12. The highest BCUT2D eigenvalue weighted by molar-refractivity contribution is 7.89. The lowest BCUT2D eigenvalue weighted by atomic mass is 10.2. The molecule has 0 aliphatic rings. The smallest absolute Gasteiger partial charge is 0.244 e. The largest absolute Gasteiger partial charge is 0.497 e. The van der Waals surface area contributed by atoms with Crippen LogP contribution in [-0.2, 0) is 16.6 Å². The topological polar surface area (TPSA) is 80.3 Å². The van der Waals surface area contributed by atoms with Crippen molar-refractivity contribution in [3.8, 4) is 5.75 Å². The first-order valence-corrected chi connectivity index (χ1v) is 7.79. The van der Waals surface area contributed by atoms with Crippen LogP contribution in [0.4, 0.5) is 5.69 Å². The number of sulfonamides is 1. The number of benzene rings is 1. The van der Waals surface area contributed by atoms with Crippen molar-refractivity contribution >= 4 is 15.7 Å². The fourth-order valence-electron chi connectivity index (χ4n) is 1.80. The molecule has 7 heteroatoms. The summed E-state index contributed by atoms with van der Waals surface area (Å²) in [6.07, 6.45) is 2.86. The number of aromatic nitrogens is 1. The van der Waals surface area contributed by atoms with Crippen molar-refractivity contribution in [1.82, 2.24) is 9.71 Å². The van der Waals surface area contributed by atoms with Crippen LogP contribution in [0.1, 0.15) is 5.56 Å². The molecule has 0 amide bonds. The molecule has 0 aliphatic carbocycles. The molecule has 21 heavy (non-hydrogen) atoms. The van der Waals surface area contributed by atoms with Gasteiger partial charge in [0.05, 0.1) is 12.8 Å². The summed E-state index contributed by atoms with van der Waals surface area (Å²) in [5.74, 6) is 0.728. The average molecular weight is 307 g/mol. The van der Waals surface area contributed by atoms with Crippen molar-refractivity contribution in [2.75, 3.05) is 19.5 Å². The second kappa shape index (κ2) is 6.55. The maximum atomic E-state index is 12.3. The van der Waals surface area contributed by atoms with Crippen LogP contribution in [-0.4, -0.2) is 27.6 Å². The Bertz CT molecular complexity index is 700. The lowest BCUT2D eigenvalue weighted by Crippen LogP contribution is -2.24. The molecule has 0 unspecified atom stereocenters. The van der Waals surface area contributed by atoms with Crippen LogP contribution in [0.5, 0.6) is 5.75 Å². The molecule has 1 aromatic carbocycles. The second-order valence-electron chi connectivity index (χ2n) is 4.29. The van der Waals surface area contributed by atoms with Crippen molar-refractivity contribution in [1.29, 1.82) is 0 Å². The van der Waals surface area contributed by atoms with Gasteiger partial charge in [0, 0.05) is 26.0 Å². The van der Waals surface area contributed by atoms with E-state index >= 15 is 0 Å². The zero-order chi connectivity index (χ0) is 15.3. The standard InChI is InChI=1S/C14H17N3O3S/c1-15-13-7-8-16-10-14(13)21(18,19)17-9-11-3-5-12(20-2)6-4-11/h3-8,10,17H,9H2,1-2H3,(H,15,16). The van der Waals surface area contributed by atoms with Crippen molar-refractivity contribution in [2.45, 2.75) is 11.4 Å². The number of pyridine rings is 1. The fourth-order valence-corrected chi connectivity index (χ4v) is 2.97. The van der Waals surface area contributed by atoms with Gasteiger partial charge in [-0.3, -0.25) is 4.98 Å². The molecule has 0 spiro atoms. The first kappa shape index (κ1) is 15.3. The molecule has 0 bridgehead atoms. The Morgan fingerprint density at radius 3 is 2.52 bits per heavy atom. The molecule has 0 radical (unpaired) electrons. The number of nitrogens with one attached hydrogen (secondary N) is 2. The van der Waals surface area contributed by atoms with Crippen LogP contribution in [0.25, 0.3) is 0 Å². The van der Waals surface area contributed by atoms with Gasteiger partial charge in [0.25, 0.3) is 0 Å². The molecule has 2 rings (SSSR count). The highest BCUT2D eigenvalue weighted by atomic mass is 32.2. The highest BCUT2D eigenvalue weighted by Crippen LogP contribution is 2.19. The van der Waals surface area contributed by atoms with Crippen LogP contribution < -0.4 is 14.8 Å². The van der Waals surface area contributed by atoms with E-state index in [0.29, 0.717) is 5.69 Å². The molecule has 0 saturated carbocycles. The van der Waals surface area contributed by atoms with Gasteiger partial charge in [-0.25, -0.2) is 13.1 Å². The molecule has 2 N–H and O–H groups in total. The quantitative estimate of drug-likeness (QED) is 0.847. The third kappa shape index (κ3) is 3.71. The Kier molecular flexibility index (Phi) is 4.77. The number of anilines is 1. The van der Waals surface area contributed by atoms with E-state index in [1.165, 1.54) is 12.4 Å². The molecule has 0 fully saturated rings. The van der Waals surface area contributed by atoms with Gasteiger partial charge in [-0.2, -0.15) is 0 Å². The van der Waals surface area contributed by atoms with Crippen molar-refractivity contribution < 1.29 is 13.2 Å². The summed E-state index contributed by atoms with van der Waals surface area (Å²) in [6.45, 7) is 0.199. The van der Waals surface area contributed by atoms with E-state index in [9.17, 15) is 8.42 Å².